The molecule has 0 saturated heterocycles. The third kappa shape index (κ3) is 7.29. The molecule has 1 amide bonds. The maximum atomic E-state index is 13.8. The van der Waals surface area contributed by atoms with Gasteiger partial charge in [0.05, 0.1) is 19.7 Å². The highest BCUT2D eigenvalue weighted by Crippen LogP contribution is 2.44. The van der Waals surface area contributed by atoms with Crippen LogP contribution in [-0.4, -0.2) is 55.2 Å². The van der Waals surface area contributed by atoms with Crippen LogP contribution < -0.4 is 14.8 Å². The van der Waals surface area contributed by atoms with E-state index in [-0.39, 0.29) is 25.6 Å². The van der Waals surface area contributed by atoms with Gasteiger partial charge in [-0.25, -0.2) is 14.4 Å². The molecule has 0 aliphatic heterocycles. The van der Waals surface area contributed by atoms with Crippen molar-refractivity contribution in [2.45, 2.75) is 51.4 Å². The van der Waals surface area contributed by atoms with Crippen molar-refractivity contribution < 1.29 is 38.1 Å². The molecule has 1 aliphatic carbocycles. The van der Waals surface area contributed by atoms with E-state index in [1.54, 1.807) is 58.3 Å². The number of esters is 1. The number of alkyl carbamates (subject to hydrolysis) is 1. The van der Waals surface area contributed by atoms with Crippen molar-refractivity contribution in [1.29, 1.82) is 0 Å². The van der Waals surface area contributed by atoms with Gasteiger partial charge in [0, 0.05) is 35.6 Å². The Morgan fingerprint density at radius 1 is 0.800 bits per heavy atom. The summed E-state index contributed by atoms with van der Waals surface area (Å²) in [6.07, 6.45) is 0.311. The first kappa shape index (κ1) is 34.1. The van der Waals surface area contributed by atoms with E-state index in [4.69, 9.17) is 23.7 Å². The summed E-state index contributed by atoms with van der Waals surface area (Å²) in [5.41, 5.74) is 5.48. The molecule has 4 aromatic carbocycles. The quantitative estimate of drug-likeness (QED) is 0.119. The molecular formula is C40H40N2O8. The zero-order valence-electron chi connectivity index (χ0n) is 28.7. The van der Waals surface area contributed by atoms with Crippen LogP contribution in [0.5, 0.6) is 11.5 Å². The maximum Gasteiger partial charge on any atom is 0.419 e. The lowest BCUT2D eigenvalue weighted by atomic mass is 9.98. The number of fused-ring (bicyclic) bond motifs is 4. The number of nitrogens with zero attached hydrogens (tertiary/aromatic N) is 1. The van der Waals surface area contributed by atoms with Crippen LogP contribution in [-0.2, 0) is 32.0 Å². The van der Waals surface area contributed by atoms with Crippen molar-refractivity contribution >= 4 is 29.1 Å². The largest absolute Gasteiger partial charge is 0.497 e. The smallest absolute Gasteiger partial charge is 0.419 e. The molecule has 0 fully saturated rings. The maximum absolute atomic E-state index is 13.8. The third-order valence-corrected chi connectivity index (χ3v) is 8.59. The van der Waals surface area contributed by atoms with E-state index >= 15 is 0 Å². The minimum absolute atomic E-state index is 0.0130. The van der Waals surface area contributed by atoms with Crippen LogP contribution in [0.25, 0.3) is 22.0 Å². The first-order valence-electron chi connectivity index (χ1n) is 16.4. The number of aromatic nitrogens is 1. The van der Waals surface area contributed by atoms with E-state index in [1.807, 2.05) is 54.6 Å². The van der Waals surface area contributed by atoms with Crippen LogP contribution >= 0.6 is 0 Å². The second-order valence-electron chi connectivity index (χ2n) is 13.0. The number of rotatable bonds is 10. The Balaban J connectivity index is 1.24. The number of amides is 1. The molecule has 10 nitrogen and oxygen atoms in total. The Hall–Kier alpha value is -5.77. The Morgan fingerprint density at radius 3 is 2.12 bits per heavy atom. The number of hydrogen-bond acceptors (Lipinski definition) is 8. The summed E-state index contributed by atoms with van der Waals surface area (Å²) in [6.45, 7) is 5.33. The van der Waals surface area contributed by atoms with Gasteiger partial charge in [-0.1, -0.05) is 66.7 Å². The number of para-hydroxylation sites is 1. The van der Waals surface area contributed by atoms with Gasteiger partial charge >= 0.3 is 18.2 Å². The average Bonchev–Trinajstić information content (AvgIpc) is 3.64. The van der Waals surface area contributed by atoms with Gasteiger partial charge in [-0.05, 0) is 66.8 Å². The van der Waals surface area contributed by atoms with Crippen LogP contribution in [0, 0.1) is 0 Å². The lowest BCUT2D eigenvalue weighted by Crippen LogP contribution is -2.43. The molecule has 50 heavy (non-hydrogen) atoms. The highest BCUT2D eigenvalue weighted by Gasteiger charge is 2.31. The van der Waals surface area contributed by atoms with Crippen molar-refractivity contribution in [3.8, 4) is 22.6 Å². The number of carbonyl (C=O) groups excluding carboxylic acids is 3. The Bertz CT molecular complexity index is 2000. The van der Waals surface area contributed by atoms with Crippen LogP contribution in [0.2, 0.25) is 0 Å². The van der Waals surface area contributed by atoms with Crippen LogP contribution in [0.4, 0.5) is 9.59 Å². The van der Waals surface area contributed by atoms with Crippen molar-refractivity contribution in [2.24, 2.45) is 0 Å². The predicted octanol–water partition coefficient (Wildman–Crippen LogP) is 7.63. The number of nitrogens with one attached hydrogen (secondary N) is 1. The molecule has 1 aliphatic rings. The number of benzene rings is 4. The number of methoxy groups -OCH3 is 2. The van der Waals surface area contributed by atoms with Crippen LogP contribution in [0.3, 0.4) is 0 Å². The first-order chi connectivity index (χ1) is 24.1. The zero-order valence-corrected chi connectivity index (χ0v) is 28.7. The van der Waals surface area contributed by atoms with E-state index in [0.29, 0.717) is 28.1 Å². The minimum Gasteiger partial charge on any atom is -0.497 e. The molecule has 0 radical (unpaired) electrons. The summed E-state index contributed by atoms with van der Waals surface area (Å²) in [7, 11) is 3.07. The fourth-order valence-electron chi connectivity index (χ4n) is 6.29. The van der Waals surface area contributed by atoms with Crippen molar-refractivity contribution in [3.05, 3.63) is 119 Å². The molecule has 1 N–H and O–H groups in total. The van der Waals surface area contributed by atoms with Crippen molar-refractivity contribution in [3.63, 3.8) is 0 Å². The highest BCUT2D eigenvalue weighted by atomic mass is 16.6. The molecule has 1 aromatic heterocycles. The second-order valence-corrected chi connectivity index (χ2v) is 13.0. The summed E-state index contributed by atoms with van der Waals surface area (Å²) in [4.78, 5) is 40.4. The standard InChI is InChI=1S/C40H40N2O8/c1-40(2,3)50-39(45)42-22-26(28-12-10-11-17-35(28)42)20-34(37(43)48-23-25-18-19-27(46-4)21-36(25)47-5)41-38(44)49-24-33-31-15-8-6-13-29(31)30-14-7-9-16-32(30)33/h6-19,21-22,33-34H,20,23-24H2,1-5H3,(H,41,44)/t34-/m1/s1. The first-order valence-corrected chi connectivity index (χ1v) is 16.4. The fraction of sp³-hybridized carbons (Fsp3) is 0.275. The van der Waals surface area contributed by atoms with Crippen molar-refractivity contribution in [1.82, 2.24) is 9.88 Å². The van der Waals surface area contributed by atoms with Gasteiger partial charge in [-0.2, -0.15) is 0 Å². The average molecular weight is 677 g/mol. The molecule has 1 atom stereocenters. The van der Waals surface area contributed by atoms with E-state index in [9.17, 15) is 14.4 Å². The summed E-state index contributed by atoms with van der Waals surface area (Å²) < 4.78 is 29.4. The number of hydrogen-bond donors (Lipinski definition) is 1. The molecule has 6 rings (SSSR count). The van der Waals surface area contributed by atoms with Crippen LogP contribution in [0.15, 0.2) is 97.2 Å². The normalized spacial score (nSPS) is 12.8. The van der Waals surface area contributed by atoms with E-state index < -0.39 is 29.8 Å². The topological polar surface area (TPSA) is 114 Å². The zero-order chi connectivity index (χ0) is 35.4. The molecule has 258 valence electrons. The predicted molar refractivity (Wildman–Crippen MR) is 189 cm³/mol. The van der Waals surface area contributed by atoms with E-state index in [1.165, 1.54) is 11.7 Å². The van der Waals surface area contributed by atoms with E-state index in [2.05, 4.69) is 17.4 Å². The van der Waals surface area contributed by atoms with Gasteiger partial charge in [0.25, 0.3) is 0 Å². The minimum atomic E-state index is -1.16. The van der Waals surface area contributed by atoms with Gasteiger partial charge in [0.2, 0.25) is 0 Å². The fourth-order valence-corrected chi connectivity index (χ4v) is 6.29. The van der Waals surface area contributed by atoms with Gasteiger partial charge in [-0.3, -0.25) is 4.57 Å². The van der Waals surface area contributed by atoms with Gasteiger partial charge in [0.1, 0.15) is 36.4 Å². The SMILES string of the molecule is COc1ccc(COC(=O)[C@@H](Cc2cn(C(=O)OC(C)(C)C)c3ccccc23)NC(=O)OCC2c3ccccc3-c3ccccc32)c(OC)c1. The van der Waals surface area contributed by atoms with Gasteiger partial charge in [-0.15, -0.1) is 0 Å². The monoisotopic (exact) mass is 676 g/mol. The summed E-state index contributed by atoms with van der Waals surface area (Å²) in [5, 5.41) is 3.47. The molecule has 0 unspecified atom stereocenters. The molecule has 0 saturated carbocycles. The molecule has 5 aromatic rings. The lowest BCUT2D eigenvalue weighted by Gasteiger charge is -2.20. The second kappa shape index (κ2) is 14.4. The lowest BCUT2D eigenvalue weighted by molar-refractivity contribution is -0.147. The molecule has 1 heterocycles. The number of ether oxygens (including phenoxy) is 5. The third-order valence-electron chi connectivity index (χ3n) is 8.59. The Morgan fingerprint density at radius 2 is 1.46 bits per heavy atom. The van der Waals surface area contributed by atoms with Crippen LogP contribution in [0.1, 0.15) is 48.9 Å². The number of carbonyl (C=O) groups is 3. The highest BCUT2D eigenvalue weighted by molar-refractivity contribution is 5.93. The van der Waals surface area contributed by atoms with Crippen molar-refractivity contribution in [2.75, 3.05) is 20.8 Å². The molecule has 0 spiro atoms. The van der Waals surface area contributed by atoms with Gasteiger partial charge < -0.3 is 29.0 Å². The Labute approximate surface area is 290 Å². The van der Waals surface area contributed by atoms with Gasteiger partial charge in [0.15, 0.2) is 0 Å². The summed E-state index contributed by atoms with van der Waals surface area (Å²) in [5.74, 6) is 0.227. The Kier molecular flexibility index (Phi) is 9.81. The molecular weight excluding hydrogens is 636 g/mol. The summed E-state index contributed by atoms with van der Waals surface area (Å²) >= 11 is 0. The summed E-state index contributed by atoms with van der Waals surface area (Å²) in [6, 6.07) is 27.4. The molecule has 10 heteroatoms. The molecule has 0 bridgehead atoms. The van der Waals surface area contributed by atoms with E-state index in [0.717, 1.165) is 27.6 Å².